The predicted molar refractivity (Wildman–Crippen MR) is 81.4 cm³/mol. The fourth-order valence-corrected chi connectivity index (χ4v) is 1.87. The molecular weight excluding hydrogens is 252 g/mol. The van der Waals surface area contributed by atoms with Crippen LogP contribution in [-0.4, -0.2) is 17.1 Å². The summed E-state index contributed by atoms with van der Waals surface area (Å²) in [6.07, 6.45) is 1.41. The molecule has 0 bridgehead atoms. The highest BCUT2D eigenvalue weighted by Gasteiger charge is 2.14. The molecule has 3 N–H and O–H groups in total. The molecule has 5 heteroatoms. The number of methoxy groups -OCH3 is 1. The number of nitrogen functional groups attached to an aromatic ring is 1. The smallest absolute Gasteiger partial charge is 0.204 e. The van der Waals surface area contributed by atoms with Gasteiger partial charge in [0.1, 0.15) is 6.33 Å². The van der Waals surface area contributed by atoms with Crippen LogP contribution in [0, 0.1) is 0 Å². The van der Waals surface area contributed by atoms with Crippen molar-refractivity contribution in [1.29, 1.82) is 0 Å². The van der Waals surface area contributed by atoms with Gasteiger partial charge in [-0.25, -0.2) is 9.97 Å². The van der Waals surface area contributed by atoms with E-state index in [-0.39, 0.29) is 5.41 Å². The van der Waals surface area contributed by atoms with E-state index in [9.17, 15) is 0 Å². The Bertz CT molecular complexity index is 588. The summed E-state index contributed by atoms with van der Waals surface area (Å²) < 4.78 is 5.21. The molecule has 106 valence electrons. The molecule has 0 aliphatic heterocycles. The van der Waals surface area contributed by atoms with Crippen molar-refractivity contribution in [3.8, 4) is 5.75 Å². The molecule has 2 rings (SSSR count). The highest BCUT2D eigenvalue weighted by atomic mass is 16.5. The zero-order chi connectivity index (χ0) is 14.8. The summed E-state index contributed by atoms with van der Waals surface area (Å²) in [5.74, 6) is 1.33. The second kappa shape index (κ2) is 5.36. The van der Waals surface area contributed by atoms with Crippen molar-refractivity contribution in [2.75, 3.05) is 18.2 Å². The third-order valence-corrected chi connectivity index (χ3v) is 3.05. The monoisotopic (exact) mass is 272 g/mol. The van der Waals surface area contributed by atoms with Crippen molar-refractivity contribution >= 4 is 17.3 Å². The van der Waals surface area contributed by atoms with E-state index in [1.165, 1.54) is 11.9 Å². The zero-order valence-electron chi connectivity index (χ0n) is 12.3. The van der Waals surface area contributed by atoms with Crippen LogP contribution < -0.4 is 15.8 Å². The van der Waals surface area contributed by atoms with Crippen LogP contribution in [-0.2, 0) is 5.41 Å². The lowest BCUT2D eigenvalue weighted by Gasteiger charge is -2.19. The van der Waals surface area contributed by atoms with Crippen molar-refractivity contribution in [2.45, 2.75) is 26.2 Å². The Morgan fingerprint density at radius 3 is 2.30 bits per heavy atom. The van der Waals surface area contributed by atoms with Gasteiger partial charge in [0, 0.05) is 5.69 Å². The Balaban J connectivity index is 2.25. The van der Waals surface area contributed by atoms with Crippen molar-refractivity contribution in [1.82, 2.24) is 9.97 Å². The van der Waals surface area contributed by atoms with Crippen molar-refractivity contribution in [3.05, 3.63) is 36.2 Å². The number of nitrogens with two attached hydrogens (primary N) is 1. The standard InChI is InChI=1S/C15H20N4O/c1-15(2,3)10-5-7-11(8-6-10)19-14-12(20-4)13(16)17-9-18-14/h5-9H,1-4H3,(H3,16,17,18,19). The molecular formula is C15H20N4O. The van der Waals surface area contributed by atoms with Crippen LogP contribution in [0.15, 0.2) is 30.6 Å². The molecule has 0 fully saturated rings. The Morgan fingerprint density at radius 2 is 1.75 bits per heavy atom. The lowest BCUT2D eigenvalue weighted by Crippen LogP contribution is -2.10. The minimum atomic E-state index is 0.134. The predicted octanol–water partition coefficient (Wildman–Crippen LogP) is 3.11. The van der Waals surface area contributed by atoms with E-state index in [2.05, 4.69) is 48.2 Å². The van der Waals surface area contributed by atoms with Crippen LogP contribution >= 0.6 is 0 Å². The third kappa shape index (κ3) is 2.99. The molecule has 0 aliphatic carbocycles. The molecule has 1 aromatic heterocycles. The van der Waals surface area contributed by atoms with Crippen LogP contribution in [0.4, 0.5) is 17.3 Å². The van der Waals surface area contributed by atoms with Gasteiger partial charge < -0.3 is 15.8 Å². The number of nitrogens with one attached hydrogen (secondary N) is 1. The number of benzene rings is 1. The van der Waals surface area contributed by atoms with Gasteiger partial charge in [0.2, 0.25) is 5.75 Å². The number of aromatic nitrogens is 2. The van der Waals surface area contributed by atoms with Crippen molar-refractivity contribution < 1.29 is 4.74 Å². The average molecular weight is 272 g/mol. The third-order valence-electron chi connectivity index (χ3n) is 3.05. The van der Waals surface area contributed by atoms with Gasteiger partial charge in [0.15, 0.2) is 11.6 Å². The Morgan fingerprint density at radius 1 is 1.10 bits per heavy atom. The lowest BCUT2D eigenvalue weighted by atomic mass is 9.87. The van der Waals surface area contributed by atoms with E-state index < -0.39 is 0 Å². The molecule has 0 aliphatic rings. The van der Waals surface area contributed by atoms with Crippen LogP contribution in [0.5, 0.6) is 5.75 Å². The van der Waals surface area contributed by atoms with Gasteiger partial charge in [-0.2, -0.15) is 0 Å². The largest absolute Gasteiger partial charge is 0.490 e. The number of rotatable bonds is 3. The Kier molecular flexibility index (Phi) is 3.79. The van der Waals surface area contributed by atoms with Gasteiger partial charge in [-0.1, -0.05) is 32.9 Å². The highest BCUT2D eigenvalue weighted by molar-refractivity contribution is 5.68. The first-order valence-electron chi connectivity index (χ1n) is 6.44. The molecule has 1 heterocycles. The molecule has 0 saturated heterocycles. The van der Waals surface area contributed by atoms with Gasteiger partial charge in [0.25, 0.3) is 0 Å². The summed E-state index contributed by atoms with van der Waals surface area (Å²) >= 11 is 0. The maximum absolute atomic E-state index is 5.75. The first kappa shape index (κ1) is 14.1. The maximum atomic E-state index is 5.75. The summed E-state index contributed by atoms with van der Waals surface area (Å²) in [5.41, 5.74) is 8.09. The second-order valence-corrected chi connectivity index (χ2v) is 5.59. The Hall–Kier alpha value is -2.30. The molecule has 0 unspecified atom stereocenters. The second-order valence-electron chi connectivity index (χ2n) is 5.59. The van der Waals surface area contributed by atoms with Gasteiger partial charge >= 0.3 is 0 Å². The number of anilines is 3. The first-order valence-corrected chi connectivity index (χ1v) is 6.44. The summed E-state index contributed by atoms with van der Waals surface area (Å²) in [5, 5.41) is 3.19. The van der Waals surface area contributed by atoms with Crippen molar-refractivity contribution in [2.24, 2.45) is 0 Å². The lowest BCUT2D eigenvalue weighted by molar-refractivity contribution is 0.415. The van der Waals surface area contributed by atoms with Crippen LogP contribution in [0.2, 0.25) is 0 Å². The quantitative estimate of drug-likeness (QED) is 0.898. The summed E-state index contributed by atoms with van der Waals surface area (Å²) in [6.45, 7) is 6.55. The fraction of sp³-hybridized carbons (Fsp3) is 0.333. The van der Waals surface area contributed by atoms with E-state index in [0.717, 1.165) is 5.69 Å². The van der Waals surface area contributed by atoms with E-state index >= 15 is 0 Å². The van der Waals surface area contributed by atoms with E-state index in [4.69, 9.17) is 10.5 Å². The molecule has 0 spiro atoms. The normalized spacial score (nSPS) is 11.2. The van der Waals surface area contributed by atoms with E-state index in [0.29, 0.717) is 17.4 Å². The van der Waals surface area contributed by atoms with Gasteiger partial charge in [-0.3, -0.25) is 0 Å². The Labute approximate surface area is 119 Å². The maximum Gasteiger partial charge on any atom is 0.204 e. The summed E-state index contributed by atoms with van der Waals surface area (Å²) in [7, 11) is 1.54. The van der Waals surface area contributed by atoms with Gasteiger partial charge in [0.05, 0.1) is 7.11 Å². The van der Waals surface area contributed by atoms with Gasteiger partial charge in [-0.05, 0) is 23.1 Å². The molecule has 0 amide bonds. The van der Waals surface area contributed by atoms with Crippen LogP contribution in [0.25, 0.3) is 0 Å². The number of ether oxygens (including phenoxy) is 1. The zero-order valence-corrected chi connectivity index (χ0v) is 12.3. The highest BCUT2D eigenvalue weighted by Crippen LogP contribution is 2.30. The number of hydrogen-bond donors (Lipinski definition) is 2. The average Bonchev–Trinajstić information content (AvgIpc) is 2.38. The van der Waals surface area contributed by atoms with E-state index in [1.807, 2.05) is 12.1 Å². The van der Waals surface area contributed by atoms with Crippen LogP contribution in [0.3, 0.4) is 0 Å². The van der Waals surface area contributed by atoms with Crippen molar-refractivity contribution in [3.63, 3.8) is 0 Å². The van der Waals surface area contributed by atoms with Gasteiger partial charge in [-0.15, -0.1) is 0 Å². The molecule has 5 nitrogen and oxygen atoms in total. The summed E-state index contributed by atoms with van der Waals surface area (Å²) in [6, 6.07) is 8.22. The molecule has 0 radical (unpaired) electrons. The minimum Gasteiger partial charge on any atom is -0.490 e. The molecule has 1 aromatic carbocycles. The first-order chi connectivity index (χ1) is 9.41. The fourth-order valence-electron chi connectivity index (χ4n) is 1.87. The van der Waals surface area contributed by atoms with Crippen LogP contribution in [0.1, 0.15) is 26.3 Å². The SMILES string of the molecule is COc1c(N)ncnc1Nc1ccc(C(C)(C)C)cc1. The molecule has 0 saturated carbocycles. The minimum absolute atomic E-state index is 0.134. The molecule has 0 atom stereocenters. The van der Waals surface area contributed by atoms with E-state index in [1.54, 1.807) is 7.11 Å². The molecule has 2 aromatic rings. The molecule has 20 heavy (non-hydrogen) atoms. The summed E-state index contributed by atoms with van der Waals surface area (Å²) in [4.78, 5) is 8.05. The topological polar surface area (TPSA) is 73.1 Å². The number of hydrogen-bond acceptors (Lipinski definition) is 5. The number of nitrogens with zero attached hydrogens (tertiary/aromatic N) is 2.